The second-order valence-corrected chi connectivity index (χ2v) is 7.55. The Kier molecular flexibility index (Phi) is 6.25. The highest BCUT2D eigenvalue weighted by molar-refractivity contribution is 5.72. The second-order valence-electron chi connectivity index (χ2n) is 7.55. The molecule has 1 atom stereocenters. The third kappa shape index (κ3) is 4.42. The van der Waals surface area contributed by atoms with E-state index >= 15 is 0 Å². The molecule has 0 amide bonds. The van der Waals surface area contributed by atoms with Crippen molar-refractivity contribution in [2.45, 2.75) is 18.0 Å². The van der Waals surface area contributed by atoms with Crippen molar-refractivity contribution in [1.82, 2.24) is 5.32 Å². The summed E-state index contributed by atoms with van der Waals surface area (Å²) in [5.41, 5.74) is 2.97. The number of carboxylic acid groups (broad SMARTS) is 1. The molecule has 0 aliphatic carbocycles. The van der Waals surface area contributed by atoms with Gasteiger partial charge in [-0.3, -0.25) is 5.32 Å². The lowest BCUT2D eigenvalue weighted by molar-refractivity contribution is -0.308. The minimum atomic E-state index is -1.13. The molecule has 0 heterocycles. The van der Waals surface area contributed by atoms with Gasteiger partial charge in [0.15, 0.2) is 0 Å². The first-order valence-electron chi connectivity index (χ1n) is 10.4. The fraction of sp³-hybridized carbons (Fsp3) is 0.107. The number of nitrogens with one attached hydrogen (secondary N) is 1. The summed E-state index contributed by atoms with van der Waals surface area (Å²) in [5, 5.41) is 15.8. The van der Waals surface area contributed by atoms with E-state index < -0.39 is 17.6 Å². The van der Waals surface area contributed by atoms with Gasteiger partial charge in [0.2, 0.25) is 0 Å². The molecule has 0 aromatic heterocycles. The predicted molar refractivity (Wildman–Crippen MR) is 121 cm³/mol. The average molecular weight is 407 g/mol. The van der Waals surface area contributed by atoms with Gasteiger partial charge < -0.3 is 9.90 Å². The van der Waals surface area contributed by atoms with Crippen molar-refractivity contribution in [3.05, 3.63) is 144 Å². The first kappa shape index (κ1) is 20.6. The maximum atomic E-state index is 12.3. The van der Waals surface area contributed by atoms with Crippen LogP contribution < -0.4 is 10.4 Å². The van der Waals surface area contributed by atoms with Gasteiger partial charge in [0, 0.05) is 0 Å². The van der Waals surface area contributed by atoms with Crippen molar-refractivity contribution in [2.75, 3.05) is 0 Å². The monoisotopic (exact) mass is 406 g/mol. The van der Waals surface area contributed by atoms with E-state index in [4.69, 9.17) is 0 Å². The van der Waals surface area contributed by atoms with Crippen LogP contribution >= 0.6 is 0 Å². The highest BCUT2D eigenvalue weighted by atomic mass is 16.4. The largest absolute Gasteiger partial charge is 0.548 e. The summed E-state index contributed by atoms with van der Waals surface area (Å²) in [5.74, 6) is -1.13. The van der Waals surface area contributed by atoms with E-state index in [0.717, 1.165) is 22.3 Å². The van der Waals surface area contributed by atoms with Gasteiger partial charge in [-0.15, -0.1) is 0 Å². The van der Waals surface area contributed by atoms with Crippen molar-refractivity contribution in [2.24, 2.45) is 0 Å². The molecule has 0 aliphatic heterocycles. The Morgan fingerprint density at radius 2 is 1.00 bits per heavy atom. The number of hydrogen-bond acceptors (Lipinski definition) is 3. The third-order valence-electron chi connectivity index (χ3n) is 5.58. The van der Waals surface area contributed by atoms with Crippen LogP contribution in [0.2, 0.25) is 0 Å². The molecule has 0 bridgehead atoms. The van der Waals surface area contributed by atoms with Crippen LogP contribution in [0.1, 0.15) is 22.3 Å². The quantitative estimate of drug-likeness (QED) is 0.451. The van der Waals surface area contributed by atoms with Crippen molar-refractivity contribution < 1.29 is 9.90 Å². The topological polar surface area (TPSA) is 52.2 Å². The molecule has 31 heavy (non-hydrogen) atoms. The summed E-state index contributed by atoms with van der Waals surface area (Å²) in [6.45, 7) is 0. The Morgan fingerprint density at radius 1 is 0.645 bits per heavy atom. The molecule has 0 saturated heterocycles. The van der Waals surface area contributed by atoms with Gasteiger partial charge >= 0.3 is 0 Å². The van der Waals surface area contributed by atoms with Crippen molar-refractivity contribution in [3.63, 3.8) is 0 Å². The minimum Gasteiger partial charge on any atom is -0.548 e. The van der Waals surface area contributed by atoms with Crippen LogP contribution in [0.5, 0.6) is 0 Å². The number of benzene rings is 4. The van der Waals surface area contributed by atoms with E-state index in [9.17, 15) is 9.90 Å². The lowest BCUT2D eigenvalue weighted by Crippen LogP contribution is -2.56. The molecule has 154 valence electrons. The smallest absolute Gasteiger partial charge is 0.0953 e. The summed E-state index contributed by atoms with van der Waals surface area (Å²) >= 11 is 0. The molecule has 1 N–H and O–H groups in total. The molecule has 1 unspecified atom stereocenters. The average Bonchev–Trinajstić information content (AvgIpc) is 2.84. The van der Waals surface area contributed by atoms with Gasteiger partial charge in [-0.25, -0.2) is 0 Å². The van der Waals surface area contributed by atoms with E-state index in [1.165, 1.54) is 0 Å². The van der Waals surface area contributed by atoms with Crippen molar-refractivity contribution in [3.8, 4) is 0 Å². The van der Waals surface area contributed by atoms with E-state index in [2.05, 4.69) is 5.32 Å². The first-order valence-corrected chi connectivity index (χ1v) is 10.4. The highest BCUT2D eigenvalue weighted by Gasteiger charge is 2.38. The lowest BCUT2D eigenvalue weighted by Gasteiger charge is -2.40. The van der Waals surface area contributed by atoms with Gasteiger partial charge in [0.05, 0.1) is 17.6 Å². The Bertz CT molecular complexity index is 1000. The number of carbonyl (C=O) groups excluding carboxylic acids is 1. The summed E-state index contributed by atoms with van der Waals surface area (Å²) in [7, 11) is 0. The Hall–Kier alpha value is -3.69. The maximum absolute atomic E-state index is 12.3. The number of aliphatic carboxylic acids is 1. The van der Waals surface area contributed by atoms with E-state index in [1.54, 1.807) is 0 Å². The zero-order valence-electron chi connectivity index (χ0n) is 17.1. The van der Waals surface area contributed by atoms with Crippen LogP contribution in [0.4, 0.5) is 0 Å². The van der Waals surface area contributed by atoms with Gasteiger partial charge in [0.1, 0.15) is 0 Å². The standard InChI is InChI=1S/C28H25NO2/c30-27(31)26(21-22-13-5-1-6-14-22)29-28(23-15-7-2-8-16-23,24-17-9-3-10-18-24)25-19-11-4-12-20-25/h1-20,26,29H,21H2,(H,30,31)/p-1. The van der Waals surface area contributed by atoms with Crippen LogP contribution in [-0.4, -0.2) is 12.0 Å². The minimum absolute atomic E-state index is 0.317. The fourth-order valence-electron chi connectivity index (χ4n) is 4.12. The van der Waals surface area contributed by atoms with Crippen LogP contribution in [0.3, 0.4) is 0 Å². The molecule has 3 nitrogen and oxygen atoms in total. The maximum Gasteiger partial charge on any atom is 0.0953 e. The summed E-state index contributed by atoms with van der Waals surface area (Å²) in [4.78, 5) is 12.3. The van der Waals surface area contributed by atoms with Gasteiger partial charge in [-0.05, 0) is 28.7 Å². The predicted octanol–water partition coefficient (Wildman–Crippen LogP) is 3.93. The Labute approximate surface area is 183 Å². The summed E-state index contributed by atoms with van der Waals surface area (Å²) < 4.78 is 0. The fourth-order valence-corrected chi connectivity index (χ4v) is 4.12. The zero-order valence-corrected chi connectivity index (χ0v) is 17.1. The number of rotatable bonds is 8. The number of hydrogen-bond donors (Lipinski definition) is 1. The SMILES string of the molecule is O=C([O-])C(Cc1ccccc1)NC(c1ccccc1)(c1ccccc1)c1ccccc1. The third-order valence-corrected chi connectivity index (χ3v) is 5.58. The summed E-state index contributed by atoms with van der Waals surface area (Å²) in [6, 6.07) is 38.6. The molecular weight excluding hydrogens is 382 g/mol. The lowest BCUT2D eigenvalue weighted by atomic mass is 9.76. The van der Waals surface area contributed by atoms with Crippen LogP contribution in [0, 0.1) is 0 Å². The van der Waals surface area contributed by atoms with E-state index in [0.29, 0.717) is 6.42 Å². The molecule has 0 spiro atoms. The van der Waals surface area contributed by atoms with E-state index in [-0.39, 0.29) is 0 Å². The highest BCUT2D eigenvalue weighted by Crippen LogP contribution is 2.37. The zero-order chi connectivity index (χ0) is 21.5. The normalized spacial score (nSPS) is 12.3. The van der Waals surface area contributed by atoms with Crippen LogP contribution in [0.15, 0.2) is 121 Å². The second kappa shape index (κ2) is 9.41. The van der Waals surface area contributed by atoms with Crippen LogP contribution in [0.25, 0.3) is 0 Å². The van der Waals surface area contributed by atoms with Gasteiger partial charge in [-0.1, -0.05) is 121 Å². The van der Waals surface area contributed by atoms with E-state index in [1.807, 2.05) is 121 Å². The van der Waals surface area contributed by atoms with Crippen LogP contribution in [-0.2, 0) is 16.8 Å². The summed E-state index contributed by atoms with van der Waals surface area (Å²) in [6.07, 6.45) is 0.317. The molecule has 0 radical (unpaired) electrons. The molecule has 4 rings (SSSR count). The Morgan fingerprint density at radius 3 is 1.35 bits per heavy atom. The Balaban J connectivity index is 1.90. The number of carboxylic acids is 1. The van der Waals surface area contributed by atoms with Crippen molar-refractivity contribution >= 4 is 5.97 Å². The molecular formula is C28H24NO2-. The molecule has 4 aromatic carbocycles. The van der Waals surface area contributed by atoms with Gasteiger partial charge in [-0.2, -0.15) is 0 Å². The molecule has 3 heteroatoms. The van der Waals surface area contributed by atoms with Gasteiger partial charge in [0.25, 0.3) is 0 Å². The van der Waals surface area contributed by atoms with Crippen molar-refractivity contribution in [1.29, 1.82) is 0 Å². The molecule has 4 aromatic rings. The number of carbonyl (C=O) groups is 1. The first-order chi connectivity index (χ1) is 15.2. The molecule has 0 aliphatic rings. The molecule has 0 fully saturated rings. The molecule has 0 saturated carbocycles.